The Balaban J connectivity index is 1.44. The smallest absolute Gasteiger partial charge is 0.337 e. The average Bonchev–Trinajstić information content (AvgIpc) is 3.13. The molecule has 35 heavy (non-hydrogen) atoms. The van der Waals surface area contributed by atoms with E-state index in [1.54, 1.807) is 17.2 Å². The molecule has 0 saturated carbocycles. The fourth-order valence-corrected chi connectivity index (χ4v) is 4.88. The first-order valence-corrected chi connectivity index (χ1v) is 11.4. The second kappa shape index (κ2) is 9.11. The molecular weight excluding hydrogens is 476 g/mol. The van der Waals surface area contributed by atoms with Crippen molar-refractivity contribution in [2.75, 3.05) is 6.54 Å². The average molecular weight is 496 g/mol. The summed E-state index contributed by atoms with van der Waals surface area (Å²) in [5.41, 5.74) is 3.54. The van der Waals surface area contributed by atoms with Crippen LogP contribution in [0, 0.1) is 11.6 Å². The number of rotatable bonds is 5. The molecule has 1 aliphatic heterocycles. The number of carbonyl (C=O) groups excluding carboxylic acids is 1. The predicted molar refractivity (Wildman–Crippen MR) is 126 cm³/mol. The number of amides is 1. The lowest BCUT2D eigenvalue weighted by Crippen LogP contribution is -2.37. The zero-order valence-corrected chi connectivity index (χ0v) is 19.2. The van der Waals surface area contributed by atoms with Crippen LogP contribution >= 0.6 is 11.6 Å². The molecular formula is C26H20ClF2N3O3. The number of pyridine rings is 1. The molecule has 2 aromatic carbocycles. The molecule has 0 bridgehead atoms. The van der Waals surface area contributed by atoms with Gasteiger partial charge in [-0.15, -0.1) is 0 Å². The van der Waals surface area contributed by atoms with E-state index in [1.165, 1.54) is 24.3 Å². The zero-order valence-electron chi connectivity index (χ0n) is 18.5. The van der Waals surface area contributed by atoms with Gasteiger partial charge in [-0.1, -0.05) is 23.7 Å². The summed E-state index contributed by atoms with van der Waals surface area (Å²) in [7, 11) is 0. The first-order valence-electron chi connectivity index (χ1n) is 11.0. The molecule has 0 unspecified atom stereocenters. The molecule has 0 radical (unpaired) electrons. The molecule has 1 aliphatic rings. The fraction of sp³-hybridized carbons (Fsp3) is 0.192. The maximum Gasteiger partial charge on any atom is 0.337 e. The monoisotopic (exact) mass is 495 g/mol. The van der Waals surface area contributed by atoms with E-state index in [-0.39, 0.29) is 29.5 Å². The number of carbonyl (C=O) groups is 2. The van der Waals surface area contributed by atoms with E-state index in [4.69, 9.17) is 16.7 Å². The third-order valence-electron chi connectivity index (χ3n) is 6.33. The second-order valence-electron chi connectivity index (χ2n) is 8.48. The van der Waals surface area contributed by atoms with Crippen molar-refractivity contribution < 1.29 is 23.5 Å². The van der Waals surface area contributed by atoms with Crippen LogP contribution in [0.5, 0.6) is 0 Å². The topological polar surface area (TPSA) is 75.4 Å². The van der Waals surface area contributed by atoms with Crippen molar-refractivity contribution in [2.45, 2.75) is 25.9 Å². The Kier molecular flexibility index (Phi) is 5.98. The number of halogens is 3. The summed E-state index contributed by atoms with van der Waals surface area (Å²) >= 11 is 6.06. The van der Waals surface area contributed by atoms with Crippen LogP contribution < -0.4 is 0 Å². The summed E-state index contributed by atoms with van der Waals surface area (Å²) in [6.07, 6.45) is 2.35. The summed E-state index contributed by atoms with van der Waals surface area (Å²) in [4.78, 5) is 30.5. The lowest BCUT2D eigenvalue weighted by molar-refractivity contribution is -0.131. The van der Waals surface area contributed by atoms with E-state index >= 15 is 0 Å². The third-order valence-corrected chi connectivity index (χ3v) is 6.64. The van der Waals surface area contributed by atoms with Crippen molar-refractivity contribution in [1.82, 2.24) is 14.5 Å². The molecule has 178 valence electrons. The van der Waals surface area contributed by atoms with Gasteiger partial charge in [0.2, 0.25) is 5.91 Å². The number of aromatic carboxylic acids is 1. The molecule has 2 aromatic heterocycles. The quantitative estimate of drug-likeness (QED) is 0.430. The highest BCUT2D eigenvalue weighted by Gasteiger charge is 2.27. The van der Waals surface area contributed by atoms with Crippen molar-refractivity contribution in [3.63, 3.8) is 0 Å². The molecule has 0 spiro atoms. The Morgan fingerprint density at radius 3 is 2.69 bits per heavy atom. The third kappa shape index (κ3) is 4.37. The van der Waals surface area contributed by atoms with Gasteiger partial charge in [0.25, 0.3) is 0 Å². The highest BCUT2D eigenvalue weighted by molar-refractivity contribution is 6.33. The minimum atomic E-state index is -1.13. The maximum absolute atomic E-state index is 14.4. The van der Waals surface area contributed by atoms with Crippen LogP contribution in [0.3, 0.4) is 0 Å². The van der Waals surface area contributed by atoms with Crippen molar-refractivity contribution in [2.24, 2.45) is 0 Å². The Hall–Kier alpha value is -3.78. The number of fused-ring (bicyclic) bond motifs is 3. The molecule has 0 aliphatic carbocycles. The Labute approximate surface area is 204 Å². The molecule has 6 nitrogen and oxygen atoms in total. The molecule has 0 saturated heterocycles. The number of benzene rings is 2. The Morgan fingerprint density at radius 2 is 1.94 bits per heavy atom. The van der Waals surface area contributed by atoms with Gasteiger partial charge in [0, 0.05) is 35.5 Å². The van der Waals surface area contributed by atoms with Crippen LogP contribution in [0.2, 0.25) is 5.02 Å². The molecule has 1 N–H and O–H groups in total. The van der Waals surface area contributed by atoms with Gasteiger partial charge < -0.3 is 14.6 Å². The van der Waals surface area contributed by atoms with Gasteiger partial charge in [-0.05, 0) is 47.9 Å². The lowest BCUT2D eigenvalue weighted by Gasteiger charge is -2.29. The highest BCUT2D eigenvalue weighted by Crippen LogP contribution is 2.31. The molecule has 1 amide bonds. The summed E-state index contributed by atoms with van der Waals surface area (Å²) in [5, 5.41) is 10.2. The van der Waals surface area contributed by atoms with Crippen LogP contribution in [0.15, 0.2) is 54.7 Å². The van der Waals surface area contributed by atoms with E-state index in [1.807, 2.05) is 16.7 Å². The van der Waals surface area contributed by atoms with Crippen LogP contribution in [-0.4, -0.2) is 38.0 Å². The molecule has 9 heteroatoms. The van der Waals surface area contributed by atoms with Gasteiger partial charge in [0.1, 0.15) is 17.3 Å². The minimum Gasteiger partial charge on any atom is -0.478 e. The van der Waals surface area contributed by atoms with E-state index in [0.717, 1.165) is 22.7 Å². The van der Waals surface area contributed by atoms with E-state index < -0.39 is 17.6 Å². The van der Waals surface area contributed by atoms with Crippen LogP contribution in [0.25, 0.3) is 11.0 Å². The molecule has 4 aromatic rings. The van der Waals surface area contributed by atoms with Gasteiger partial charge in [-0.3, -0.25) is 4.79 Å². The van der Waals surface area contributed by atoms with Crippen molar-refractivity contribution in [3.05, 3.63) is 99.3 Å². The van der Waals surface area contributed by atoms with E-state index in [9.17, 15) is 18.4 Å². The summed E-state index contributed by atoms with van der Waals surface area (Å²) in [6.45, 7) is 0.975. The van der Waals surface area contributed by atoms with Crippen LogP contribution in [0.1, 0.15) is 32.7 Å². The fourth-order valence-electron chi connectivity index (χ4n) is 4.59. The number of hydrogen-bond donors (Lipinski definition) is 1. The van der Waals surface area contributed by atoms with Gasteiger partial charge >= 0.3 is 5.97 Å². The van der Waals surface area contributed by atoms with Crippen molar-refractivity contribution >= 4 is 34.5 Å². The van der Waals surface area contributed by atoms with Crippen LogP contribution in [-0.2, 0) is 30.7 Å². The van der Waals surface area contributed by atoms with Crippen molar-refractivity contribution in [3.8, 4) is 0 Å². The maximum atomic E-state index is 14.4. The predicted octanol–water partition coefficient (Wildman–Crippen LogP) is 4.84. The minimum absolute atomic E-state index is 0.0180. The summed E-state index contributed by atoms with van der Waals surface area (Å²) in [5.74, 6) is -2.54. The summed E-state index contributed by atoms with van der Waals surface area (Å²) in [6, 6.07) is 11.8. The van der Waals surface area contributed by atoms with Crippen molar-refractivity contribution in [1.29, 1.82) is 0 Å². The van der Waals surface area contributed by atoms with Gasteiger partial charge in [0.15, 0.2) is 0 Å². The molecule has 3 heterocycles. The molecule has 5 rings (SSSR count). The van der Waals surface area contributed by atoms with E-state index in [2.05, 4.69) is 4.98 Å². The van der Waals surface area contributed by atoms with Crippen LogP contribution in [0.4, 0.5) is 8.78 Å². The molecule has 0 fully saturated rings. The highest BCUT2D eigenvalue weighted by atomic mass is 35.5. The standard InChI is InChI=1S/C26H20ClF2N3O3/c27-21-10-15(3-6-20(21)26(34)35)11-24(33)31-9-7-18-19-2-1-8-30-25(19)32(23(18)14-31)13-16-4-5-17(28)12-22(16)29/h1-6,8,10,12H,7,9,11,13-14H2,(H,34,35). The number of aromatic nitrogens is 2. The molecule has 0 atom stereocenters. The normalized spacial score (nSPS) is 13.2. The van der Waals surface area contributed by atoms with Gasteiger partial charge in [-0.25, -0.2) is 18.6 Å². The largest absolute Gasteiger partial charge is 0.478 e. The first kappa shape index (κ1) is 23.0. The first-order chi connectivity index (χ1) is 16.8. The van der Waals surface area contributed by atoms with E-state index in [0.29, 0.717) is 36.3 Å². The number of hydrogen-bond acceptors (Lipinski definition) is 3. The zero-order chi connectivity index (χ0) is 24.7. The summed E-state index contributed by atoms with van der Waals surface area (Å²) < 4.78 is 29.8. The number of carboxylic acids is 1. The Morgan fingerprint density at radius 1 is 1.11 bits per heavy atom. The SMILES string of the molecule is O=C(O)c1ccc(CC(=O)N2CCc3c(n(Cc4ccc(F)cc4F)c4ncccc34)C2)cc1Cl. The second-order valence-corrected chi connectivity index (χ2v) is 8.89. The van der Waals surface area contributed by atoms with Gasteiger partial charge in [-0.2, -0.15) is 0 Å². The number of nitrogens with zero attached hydrogens (tertiary/aromatic N) is 3. The lowest BCUT2D eigenvalue weighted by atomic mass is 10.0. The number of carboxylic acid groups (broad SMARTS) is 1. The Bertz CT molecular complexity index is 1480. The van der Waals surface area contributed by atoms with Gasteiger partial charge in [0.05, 0.1) is 30.1 Å².